The van der Waals surface area contributed by atoms with E-state index in [1.807, 2.05) is 0 Å². The van der Waals surface area contributed by atoms with Crippen molar-refractivity contribution in [3.8, 4) is 22.6 Å². The largest absolute Gasteiger partial charge is 0.507 e. The van der Waals surface area contributed by atoms with Crippen molar-refractivity contribution in [1.29, 1.82) is 0 Å². The third-order valence-corrected chi connectivity index (χ3v) is 4.91. The molecular weight excluding hydrogens is 410 g/mol. The number of aromatic hydroxyl groups is 2. The highest BCUT2D eigenvalue weighted by Gasteiger charge is 2.48. The van der Waals surface area contributed by atoms with Gasteiger partial charge in [-0.05, 0) is 27.6 Å². The van der Waals surface area contributed by atoms with E-state index in [2.05, 4.69) is 0 Å². The van der Waals surface area contributed by atoms with Gasteiger partial charge in [0.15, 0.2) is 0 Å². The van der Waals surface area contributed by atoms with Gasteiger partial charge in [0.05, 0.1) is 5.56 Å². The molecule has 0 heterocycles. The van der Waals surface area contributed by atoms with Crippen molar-refractivity contribution >= 4 is 21.5 Å². The second kappa shape index (κ2) is 6.55. The number of fused-ring (bicyclic) bond motifs is 2. The SMILES string of the molecule is Oc1ccc2ccccc2c1-c1c(O)c(C(F)(F)F)c(C(F)(F)F)c2ccccc12. The number of hydrogen-bond donors (Lipinski definition) is 2. The Hall–Kier alpha value is -3.42. The van der Waals surface area contributed by atoms with Gasteiger partial charge in [-0.2, -0.15) is 26.3 Å². The first-order chi connectivity index (χ1) is 14.0. The van der Waals surface area contributed by atoms with E-state index >= 15 is 0 Å². The molecule has 0 aliphatic rings. The summed E-state index contributed by atoms with van der Waals surface area (Å²) in [6.07, 6.45) is -10.9. The molecule has 0 atom stereocenters. The maximum absolute atomic E-state index is 13.8. The Bertz CT molecular complexity index is 1290. The average Bonchev–Trinajstić information content (AvgIpc) is 2.66. The van der Waals surface area contributed by atoms with E-state index in [0.717, 1.165) is 6.07 Å². The van der Waals surface area contributed by atoms with Crippen LogP contribution < -0.4 is 0 Å². The van der Waals surface area contributed by atoms with Crippen LogP contribution >= 0.6 is 0 Å². The molecule has 0 fully saturated rings. The minimum Gasteiger partial charge on any atom is -0.507 e. The second-order valence-electron chi connectivity index (χ2n) is 6.70. The summed E-state index contributed by atoms with van der Waals surface area (Å²) in [4.78, 5) is 0. The fourth-order valence-corrected chi connectivity index (χ4v) is 3.77. The van der Waals surface area contributed by atoms with Crippen LogP contribution in [0.5, 0.6) is 11.5 Å². The van der Waals surface area contributed by atoms with Gasteiger partial charge in [-0.25, -0.2) is 0 Å². The zero-order valence-corrected chi connectivity index (χ0v) is 14.9. The summed E-state index contributed by atoms with van der Waals surface area (Å²) < 4.78 is 82.3. The van der Waals surface area contributed by atoms with Crippen LogP contribution in [0.25, 0.3) is 32.7 Å². The van der Waals surface area contributed by atoms with Gasteiger partial charge in [-0.3, -0.25) is 0 Å². The molecule has 4 aromatic carbocycles. The zero-order chi connectivity index (χ0) is 21.8. The number of alkyl halides is 6. The van der Waals surface area contributed by atoms with Crippen molar-refractivity contribution in [2.75, 3.05) is 0 Å². The van der Waals surface area contributed by atoms with Crippen molar-refractivity contribution in [3.63, 3.8) is 0 Å². The van der Waals surface area contributed by atoms with E-state index in [1.165, 1.54) is 36.4 Å². The topological polar surface area (TPSA) is 40.5 Å². The highest BCUT2D eigenvalue weighted by molar-refractivity contribution is 6.11. The monoisotopic (exact) mass is 422 g/mol. The second-order valence-corrected chi connectivity index (χ2v) is 6.70. The van der Waals surface area contributed by atoms with Crippen LogP contribution in [0.2, 0.25) is 0 Å². The standard InChI is InChI=1S/C22H12F6O2/c23-21(24,25)18-14-8-4-3-7-13(14)17(20(30)19(18)22(26,27)28)16-12-6-2-1-5-11(12)9-10-15(16)29/h1-10,29-30H. The van der Waals surface area contributed by atoms with Crippen LogP contribution in [-0.2, 0) is 12.4 Å². The highest BCUT2D eigenvalue weighted by atomic mass is 19.4. The van der Waals surface area contributed by atoms with E-state index < -0.39 is 45.9 Å². The number of halogens is 6. The Balaban J connectivity index is 2.31. The van der Waals surface area contributed by atoms with Crippen molar-refractivity contribution in [2.45, 2.75) is 12.4 Å². The van der Waals surface area contributed by atoms with Crippen LogP contribution in [0.1, 0.15) is 11.1 Å². The fraction of sp³-hybridized carbons (Fsp3) is 0.0909. The number of phenols is 2. The van der Waals surface area contributed by atoms with Gasteiger partial charge in [0.2, 0.25) is 0 Å². The Kier molecular flexibility index (Phi) is 4.34. The molecule has 0 aliphatic carbocycles. The Labute approximate surface area is 165 Å². The first-order valence-electron chi connectivity index (χ1n) is 8.65. The maximum atomic E-state index is 13.8. The predicted octanol–water partition coefficient (Wildman–Crippen LogP) is 7.11. The highest BCUT2D eigenvalue weighted by Crippen LogP contribution is 2.54. The van der Waals surface area contributed by atoms with Gasteiger partial charge in [-0.1, -0.05) is 54.6 Å². The molecule has 0 radical (unpaired) electrons. The van der Waals surface area contributed by atoms with Gasteiger partial charge in [0.1, 0.15) is 17.1 Å². The van der Waals surface area contributed by atoms with Crippen LogP contribution in [0.15, 0.2) is 60.7 Å². The van der Waals surface area contributed by atoms with Crippen molar-refractivity contribution < 1.29 is 36.6 Å². The summed E-state index contributed by atoms with van der Waals surface area (Å²) in [6.45, 7) is 0. The van der Waals surface area contributed by atoms with Crippen molar-refractivity contribution in [3.05, 3.63) is 71.8 Å². The zero-order valence-electron chi connectivity index (χ0n) is 14.9. The maximum Gasteiger partial charge on any atom is 0.420 e. The van der Waals surface area contributed by atoms with Crippen LogP contribution in [0.4, 0.5) is 26.3 Å². The molecular formula is C22H12F6O2. The first-order valence-corrected chi connectivity index (χ1v) is 8.65. The molecule has 8 heteroatoms. The lowest BCUT2D eigenvalue weighted by Crippen LogP contribution is -2.18. The van der Waals surface area contributed by atoms with E-state index in [9.17, 15) is 36.6 Å². The van der Waals surface area contributed by atoms with E-state index in [0.29, 0.717) is 5.39 Å². The minimum atomic E-state index is -5.49. The summed E-state index contributed by atoms with van der Waals surface area (Å²) in [5.41, 5.74) is -4.84. The quantitative estimate of drug-likeness (QED) is 0.321. The summed E-state index contributed by atoms with van der Waals surface area (Å²) >= 11 is 0. The average molecular weight is 422 g/mol. The summed E-state index contributed by atoms with van der Waals surface area (Å²) in [5.74, 6) is -2.05. The molecule has 30 heavy (non-hydrogen) atoms. The van der Waals surface area contributed by atoms with Crippen molar-refractivity contribution in [2.24, 2.45) is 0 Å². The molecule has 0 spiro atoms. The third-order valence-electron chi connectivity index (χ3n) is 4.91. The van der Waals surface area contributed by atoms with Crippen LogP contribution in [0, 0.1) is 0 Å². The molecule has 0 unspecified atom stereocenters. The molecule has 4 aromatic rings. The predicted molar refractivity (Wildman–Crippen MR) is 100 cm³/mol. The Morgan fingerprint density at radius 1 is 0.533 bits per heavy atom. The minimum absolute atomic E-state index is 0.180. The molecule has 0 bridgehead atoms. The van der Waals surface area contributed by atoms with Crippen LogP contribution in [0.3, 0.4) is 0 Å². The van der Waals surface area contributed by atoms with E-state index in [-0.39, 0.29) is 16.3 Å². The Morgan fingerprint density at radius 2 is 1.07 bits per heavy atom. The smallest absolute Gasteiger partial charge is 0.420 e. The summed E-state index contributed by atoms with van der Waals surface area (Å²) in [5, 5.41) is 20.9. The van der Waals surface area contributed by atoms with Gasteiger partial charge < -0.3 is 10.2 Å². The lowest BCUT2D eigenvalue weighted by atomic mass is 9.87. The number of rotatable bonds is 1. The molecule has 2 N–H and O–H groups in total. The molecule has 0 aromatic heterocycles. The number of benzene rings is 4. The van der Waals surface area contributed by atoms with Crippen LogP contribution in [-0.4, -0.2) is 10.2 Å². The van der Waals surface area contributed by atoms with Gasteiger partial charge in [0, 0.05) is 11.1 Å². The molecule has 0 aliphatic heterocycles. The first kappa shape index (κ1) is 19.9. The lowest BCUT2D eigenvalue weighted by molar-refractivity contribution is -0.161. The van der Waals surface area contributed by atoms with Gasteiger partial charge >= 0.3 is 12.4 Å². The van der Waals surface area contributed by atoms with Gasteiger partial charge in [0.25, 0.3) is 0 Å². The summed E-state index contributed by atoms with van der Waals surface area (Å²) in [7, 11) is 0. The molecule has 2 nitrogen and oxygen atoms in total. The van der Waals surface area contributed by atoms with E-state index in [1.54, 1.807) is 18.2 Å². The fourth-order valence-electron chi connectivity index (χ4n) is 3.77. The summed E-state index contributed by atoms with van der Waals surface area (Å²) in [6, 6.07) is 13.7. The normalized spacial score (nSPS) is 12.6. The number of hydrogen-bond acceptors (Lipinski definition) is 2. The molecule has 4 rings (SSSR count). The molecule has 0 amide bonds. The van der Waals surface area contributed by atoms with Crippen molar-refractivity contribution in [1.82, 2.24) is 0 Å². The molecule has 0 saturated heterocycles. The Morgan fingerprint density at radius 3 is 1.67 bits per heavy atom. The number of phenolic OH excluding ortho intramolecular Hbond substituents is 2. The molecule has 0 saturated carbocycles. The third kappa shape index (κ3) is 2.99. The molecule has 154 valence electrons. The van der Waals surface area contributed by atoms with E-state index in [4.69, 9.17) is 0 Å². The van der Waals surface area contributed by atoms with Gasteiger partial charge in [-0.15, -0.1) is 0 Å². The lowest BCUT2D eigenvalue weighted by Gasteiger charge is -2.23.